The summed E-state index contributed by atoms with van der Waals surface area (Å²) in [5, 5.41) is 6.80. The summed E-state index contributed by atoms with van der Waals surface area (Å²) in [7, 11) is 0. The first-order valence-electron chi connectivity index (χ1n) is 8.98. The lowest BCUT2D eigenvalue weighted by Gasteiger charge is -2.23. The number of hydrogen-bond acceptors (Lipinski definition) is 5. The molecule has 1 aliphatic heterocycles. The van der Waals surface area contributed by atoms with E-state index in [9.17, 15) is 22.8 Å². The Morgan fingerprint density at radius 2 is 1.87 bits per heavy atom. The molecule has 0 radical (unpaired) electrons. The van der Waals surface area contributed by atoms with E-state index in [0.717, 1.165) is 17.0 Å². The number of hydrogen-bond donors (Lipinski definition) is 1. The number of benzene rings is 2. The van der Waals surface area contributed by atoms with Crippen LogP contribution >= 0.6 is 11.6 Å². The number of nitrogens with one attached hydrogen (secondary N) is 1. The number of carbonyl (C=O) groups excluding carboxylic acids is 2. The third-order valence-electron chi connectivity index (χ3n) is 4.91. The van der Waals surface area contributed by atoms with Gasteiger partial charge in [-0.1, -0.05) is 28.9 Å². The van der Waals surface area contributed by atoms with Crippen LogP contribution in [-0.2, 0) is 23.1 Å². The van der Waals surface area contributed by atoms with Crippen molar-refractivity contribution in [2.24, 2.45) is 0 Å². The molecule has 0 bridgehead atoms. The van der Waals surface area contributed by atoms with Gasteiger partial charge in [0.05, 0.1) is 5.56 Å². The molecule has 1 saturated heterocycles. The summed E-state index contributed by atoms with van der Waals surface area (Å²) in [6, 6.07) is 10.1. The van der Waals surface area contributed by atoms with Crippen molar-refractivity contribution >= 4 is 23.5 Å². The number of amides is 3. The minimum atomic E-state index is -4.58. The summed E-state index contributed by atoms with van der Waals surface area (Å²) < 4.78 is 44.3. The lowest BCUT2D eigenvalue weighted by molar-refractivity contribution is -0.138. The fourth-order valence-electron chi connectivity index (χ4n) is 3.21. The highest BCUT2D eigenvalue weighted by Gasteiger charge is 2.50. The minimum absolute atomic E-state index is 0.00978. The van der Waals surface area contributed by atoms with Crippen LogP contribution < -0.4 is 5.32 Å². The topological polar surface area (TPSA) is 88.3 Å². The molecule has 11 heteroatoms. The number of aromatic nitrogens is 2. The van der Waals surface area contributed by atoms with Gasteiger partial charge in [0.25, 0.3) is 5.91 Å². The minimum Gasteiger partial charge on any atom is -0.337 e. The van der Waals surface area contributed by atoms with Gasteiger partial charge in [0.15, 0.2) is 0 Å². The maximum absolute atomic E-state index is 13.1. The van der Waals surface area contributed by atoms with Crippen LogP contribution in [0.25, 0.3) is 11.4 Å². The van der Waals surface area contributed by atoms with E-state index in [2.05, 4.69) is 15.5 Å². The molecule has 1 N–H and O–H groups in total. The molecule has 1 aromatic heterocycles. The predicted octanol–water partition coefficient (Wildman–Crippen LogP) is 4.38. The molecule has 7 nitrogen and oxygen atoms in total. The van der Waals surface area contributed by atoms with Crippen molar-refractivity contribution in [2.45, 2.75) is 25.2 Å². The molecule has 3 aromatic rings. The van der Waals surface area contributed by atoms with E-state index in [1.165, 1.54) is 19.1 Å². The molecule has 2 aromatic carbocycles. The second-order valence-corrected chi connectivity index (χ2v) is 7.48. The summed E-state index contributed by atoms with van der Waals surface area (Å²) in [6.45, 7) is 1.01. The summed E-state index contributed by atoms with van der Waals surface area (Å²) >= 11 is 5.85. The molecular weight excluding hydrogens is 437 g/mol. The lowest BCUT2D eigenvalue weighted by Crippen LogP contribution is -2.41. The zero-order valence-corrected chi connectivity index (χ0v) is 16.7. The van der Waals surface area contributed by atoms with Crippen molar-refractivity contribution < 1.29 is 27.3 Å². The zero-order valence-electron chi connectivity index (χ0n) is 15.9. The van der Waals surface area contributed by atoms with Crippen LogP contribution in [0.4, 0.5) is 18.0 Å². The zero-order chi connectivity index (χ0) is 22.4. The molecule has 1 aliphatic rings. The Labute approximate surface area is 178 Å². The van der Waals surface area contributed by atoms with Gasteiger partial charge in [0.1, 0.15) is 12.1 Å². The third kappa shape index (κ3) is 3.86. The van der Waals surface area contributed by atoms with Gasteiger partial charge >= 0.3 is 12.2 Å². The Morgan fingerprint density at radius 1 is 1.16 bits per heavy atom. The van der Waals surface area contributed by atoms with Gasteiger partial charge in [-0.25, -0.2) is 4.79 Å². The Balaban J connectivity index is 1.57. The van der Waals surface area contributed by atoms with Crippen LogP contribution in [0, 0.1) is 0 Å². The second-order valence-electron chi connectivity index (χ2n) is 7.04. The summed E-state index contributed by atoms with van der Waals surface area (Å²) in [5.41, 5.74) is -1.96. The standard InChI is InChI=1S/C20H14ClF3N4O3/c1-19(12-3-2-4-13(9-12)20(22,23)24)17(29)28(18(30)26-19)10-15-25-16(27-31-15)11-5-7-14(21)8-6-11/h2-9H,10H2,1H3,(H,26,30). The summed E-state index contributed by atoms with van der Waals surface area (Å²) in [6.07, 6.45) is -4.58. The molecule has 0 aliphatic carbocycles. The molecule has 0 saturated carbocycles. The van der Waals surface area contributed by atoms with Gasteiger partial charge in [0, 0.05) is 10.6 Å². The van der Waals surface area contributed by atoms with Crippen LogP contribution in [0.15, 0.2) is 53.1 Å². The Kier molecular flexibility index (Phi) is 4.97. The highest BCUT2D eigenvalue weighted by atomic mass is 35.5. The van der Waals surface area contributed by atoms with E-state index in [-0.39, 0.29) is 23.8 Å². The van der Waals surface area contributed by atoms with Gasteiger partial charge in [0.2, 0.25) is 11.7 Å². The van der Waals surface area contributed by atoms with Crippen molar-refractivity contribution in [3.63, 3.8) is 0 Å². The van der Waals surface area contributed by atoms with Crippen LogP contribution in [0.2, 0.25) is 5.02 Å². The molecule has 1 unspecified atom stereocenters. The largest absolute Gasteiger partial charge is 0.416 e. The second kappa shape index (κ2) is 7.38. The average Bonchev–Trinajstić information content (AvgIpc) is 3.27. The van der Waals surface area contributed by atoms with E-state index in [1.54, 1.807) is 24.3 Å². The average molecular weight is 451 g/mol. The Hall–Kier alpha value is -3.40. The van der Waals surface area contributed by atoms with Gasteiger partial charge in [-0.2, -0.15) is 18.2 Å². The molecule has 31 heavy (non-hydrogen) atoms. The first kappa shape index (κ1) is 20.9. The number of alkyl halides is 3. The van der Waals surface area contributed by atoms with E-state index >= 15 is 0 Å². The number of halogens is 4. The maximum atomic E-state index is 13.1. The van der Waals surface area contributed by atoms with E-state index in [1.807, 2.05) is 0 Å². The van der Waals surface area contributed by atoms with Gasteiger partial charge in [-0.15, -0.1) is 0 Å². The number of rotatable bonds is 4. The number of urea groups is 1. The van der Waals surface area contributed by atoms with Crippen molar-refractivity contribution in [3.05, 3.63) is 70.6 Å². The van der Waals surface area contributed by atoms with Crippen LogP contribution in [-0.4, -0.2) is 27.0 Å². The molecule has 3 amide bonds. The summed E-state index contributed by atoms with van der Waals surface area (Å²) in [4.78, 5) is 30.4. The molecule has 1 atom stereocenters. The van der Waals surface area contributed by atoms with Crippen LogP contribution in [0.1, 0.15) is 23.9 Å². The highest BCUT2D eigenvalue weighted by Crippen LogP contribution is 2.35. The molecule has 160 valence electrons. The van der Waals surface area contributed by atoms with Crippen molar-refractivity contribution in [1.29, 1.82) is 0 Å². The third-order valence-corrected chi connectivity index (χ3v) is 5.16. The quantitative estimate of drug-likeness (QED) is 0.596. The molecular formula is C20H14ClF3N4O3. The molecule has 4 rings (SSSR count). The van der Waals surface area contributed by atoms with Gasteiger partial charge in [-0.3, -0.25) is 9.69 Å². The molecule has 1 fully saturated rings. The van der Waals surface area contributed by atoms with Crippen molar-refractivity contribution in [1.82, 2.24) is 20.4 Å². The molecule has 2 heterocycles. The van der Waals surface area contributed by atoms with E-state index < -0.39 is 29.2 Å². The van der Waals surface area contributed by atoms with Gasteiger partial charge in [-0.05, 0) is 48.9 Å². The number of carbonyl (C=O) groups is 2. The predicted molar refractivity (Wildman–Crippen MR) is 103 cm³/mol. The monoisotopic (exact) mass is 450 g/mol. The van der Waals surface area contributed by atoms with Crippen LogP contribution in [0.3, 0.4) is 0 Å². The van der Waals surface area contributed by atoms with Crippen LogP contribution in [0.5, 0.6) is 0 Å². The number of imide groups is 1. The Morgan fingerprint density at radius 3 is 2.55 bits per heavy atom. The maximum Gasteiger partial charge on any atom is 0.416 e. The lowest BCUT2D eigenvalue weighted by atomic mass is 9.90. The Bertz CT molecular complexity index is 1160. The normalized spacial score (nSPS) is 19.1. The van der Waals surface area contributed by atoms with Crippen molar-refractivity contribution in [2.75, 3.05) is 0 Å². The molecule has 0 spiro atoms. The fourth-order valence-corrected chi connectivity index (χ4v) is 3.34. The smallest absolute Gasteiger partial charge is 0.337 e. The first-order chi connectivity index (χ1) is 14.6. The summed E-state index contributed by atoms with van der Waals surface area (Å²) in [5.74, 6) is -0.510. The highest BCUT2D eigenvalue weighted by molar-refractivity contribution is 6.30. The van der Waals surface area contributed by atoms with E-state index in [0.29, 0.717) is 10.6 Å². The fraction of sp³-hybridized carbons (Fsp3) is 0.200. The van der Waals surface area contributed by atoms with E-state index in [4.69, 9.17) is 16.1 Å². The number of nitrogens with zero attached hydrogens (tertiary/aromatic N) is 3. The first-order valence-corrected chi connectivity index (χ1v) is 9.36. The van der Waals surface area contributed by atoms with Gasteiger partial charge < -0.3 is 9.84 Å². The SMILES string of the molecule is CC1(c2cccc(C(F)(F)F)c2)NC(=O)N(Cc2nc(-c3ccc(Cl)cc3)no2)C1=O. The van der Waals surface area contributed by atoms with Crippen molar-refractivity contribution in [3.8, 4) is 11.4 Å².